The Labute approximate surface area is 103 Å². The molecule has 1 N–H and O–H groups in total. The molecule has 2 rings (SSSR count). The van der Waals surface area contributed by atoms with Gasteiger partial charge in [-0.05, 0) is 24.6 Å². The molecule has 0 atom stereocenters. The number of halogens is 1. The lowest BCUT2D eigenvalue weighted by Crippen LogP contribution is -2.12. The third-order valence-corrected chi connectivity index (χ3v) is 2.56. The number of carbonyl (C=O) groups excluding carboxylic acids is 1. The SMILES string of the molecule is Cc1nnc(C(=O)Nc2ccc(C)c(Cl)c2)o1. The standard InChI is InChI=1S/C11H10ClN3O2/c1-6-3-4-8(5-9(6)12)13-10(16)11-15-14-7(2)17-11/h3-5H,1-2H3,(H,13,16). The zero-order valence-electron chi connectivity index (χ0n) is 9.32. The number of rotatable bonds is 2. The Bertz CT molecular complexity index is 566. The fourth-order valence-electron chi connectivity index (χ4n) is 1.24. The molecule has 0 saturated heterocycles. The molecule has 1 heterocycles. The van der Waals surface area contributed by atoms with E-state index in [0.717, 1.165) is 5.56 Å². The first-order valence-electron chi connectivity index (χ1n) is 4.94. The van der Waals surface area contributed by atoms with Crippen molar-refractivity contribution in [2.75, 3.05) is 5.32 Å². The topological polar surface area (TPSA) is 68.0 Å². The zero-order chi connectivity index (χ0) is 12.4. The maximum Gasteiger partial charge on any atom is 0.313 e. The maximum absolute atomic E-state index is 11.7. The number of anilines is 1. The third kappa shape index (κ3) is 2.62. The molecule has 0 saturated carbocycles. The third-order valence-electron chi connectivity index (χ3n) is 2.15. The number of carbonyl (C=O) groups is 1. The van der Waals surface area contributed by atoms with E-state index in [-0.39, 0.29) is 5.89 Å². The van der Waals surface area contributed by atoms with Gasteiger partial charge in [-0.25, -0.2) is 0 Å². The van der Waals surface area contributed by atoms with Crippen LogP contribution in [0.1, 0.15) is 22.1 Å². The maximum atomic E-state index is 11.7. The van der Waals surface area contributed by atoms with E-state index in [4.69, 9.17) is 16.0 Å². The van der Waals surface area contributed by atoms with Crippen molar-refractivity contribution in [2.45, 2.75) is 13.8 Å². The Hall–Kier alpha value is -1.88. The molecule has 1 aromatic heterocycles. The lowest BCUT2D eigenvalue weighted by Gasteiger charge is -2.04. The van der Waals surface area contributed by atoms with E-state index in [1.54, 1.807) is 19.1 Å². The number of nitrogens with zero attached hydrogens (tertiary/aromatic N) is 2. The van der Waals surface area contributed by atoms with Gasteiger partial charge in [0, 0.05) is 17.6 Å². The highest BCUT2D eigenvalue weighted by Crippen LogP contribution is 2.20. The Kier molecular flexibility index (Phi) is 3.10. The monoisotopic (exact) mass is 251 g/mol. The van der Waals surface area contributed by atoms with Gasteiger partial charge in [0.2, 0.25) is 5.89 Å². The summed E-state index contributed by atoms with van der Waals surface area (Å²) in [5.74, 6) is -0.179. The van der Waals surface area contributed by atoms with E-state index >= 15 is 0 Å². The molecular formula is C11H10ClN3O2. The van der Waals surface area contributed by atoms with Gasteiger partial charge in [0.1, 0.15) is 0 Å². The van der Waals surface area contributed by atoms with Crippen LogP contribution in [0.25, 0.3) is 0 Å². The van der Waals surface area contributed by atoms with Crippen molar-refractivity contribution >= 4 is 23.2 Å². The first-order chi connectivity index (χ1) is 8.06. The second kappa shape index (κ2) is 4.55. The van der Waals surface area contributed by atoms with Gasteiger partial charge in [-0.3, -0.25) is 4.79 Å². The first kappa shape index (κ1) is 11.6. The van der Waals surface area contributed by atoms with Crippen molar-refractivity contribution in [2.24, 2.45) is 0 Å². The van der Waals surface area contributed by atoms with E-state index in [1.807, 2.05) is 13.0 Å². The van der Waals surface area contributed by atoms with Crippen molar-refractivity contribution in [3.05, 3.63) is 40.6 Å². The fourth-order valence-corrected chi connectivity index (χ4v) is 1.42. The summed E-state index contributed by atoms with van der Waals surface area (Å²) < 4.78 is 5.00. The minimum absolute atomic E-state index is 0.0702. The average molecular weight is 252 g/mol. The highest BCUT2D eigenvalue weighted by atomic mass is 35.5. The Balaban J connectivity index is 2.15. The van der Waals surface area contributed by atoms with Crippen LogP contribution in [-0.4, -0.2) is 16.1 Å². The summed E-state index contributed by atoms with van der Waals surface area (Å²) in [7, 11) is 0. The summed E-state index contributed by atoms with van der Waals surface area (Å²) in [5, 5.41) is 10.4. The summed E-state index contributed by atoms with van der Waals surface area (Å²) in [6, 6.07) is 5.23. The molecule has 0 aliphatic rings. The summed E-state index contributed by atoms with van der Waals surface area (Å²) in [5.41, 5.74) is 1.53. The molecule has 17 heavy (non-hydrogen) atoms. The highest BCUT2D eigenvalue weighted by molar-refractivity contribution is 6.31. The van der Waals surface area contributed by atoms with Gasteiger partial charge in [-0.15, -0.1) is 10.2 Å². The van der Waals surface area contributed by atoms with Crippen molar-refractivity contribution in [1.29, 1.82) is 0 Å². The number of hydrogen-bond acceptors (Lipinski definition) is 4. The summed E-state index contributed by atoms with van der Waals surface area (Å²) in [4.78, 5) is 11.7. The lowest BCUT2D eigenvalue weighted by atomic mass is 10.2. The van der Waals surface area contributed by atoms with E-state index in [0.29, 0.717) is 16.6 Å². The normalized spacial score (nSPS) is 10.3. The molecule has 1 amide bonds. The molecule has 0 aliphatic carbocycles. The number of aryl methyl sites for hydroxylation is 2. The molecule has 0 radical (unpaired) electrons. The molecule has 0 fully saturated rings. The second-order valence-corrected chi connectivity index (χ2v) is 3.95. The largest absolute Gasteiger partial charge is 0.417 e. The molecule has 5 nitrogen and oxygen atoms in total. The van der Waals surface area contributed by atoms with E-state index in [9.17, 15) is 4.79 Å². The van der Waals surface area contributed by atoms with Gasteiger partial charge in [-0.2, -0.15) is 0 Å². The summed E-state index contributed by atoms with van der Waals surface area (Å²) in [6.07, 6.45) is 0. The predicted molar refractivity (Wildman–Crippen MR) is 63.2 cm³/mol. The van der Waals surface area contributed by atoms with E-state index in [2.05, 4.69) is 15.5 Å². The van der Waals surface area contributed by atoms with Crippen molar-refractivity contribution in [1.82, 2.24) is 10.2 Å². The Morgan fingerprint density at radius 1 is 1.35 bits per heavy atom. The number of hydrogen-bond donors (Lipinski definition) is 1. The second-order valence-electron chi connectivity index (χ2n) is 3.54. The molecule has 0 unspecified atom stereocenters. The van der Waals surface area contributed by atoms with Crippen LogP contribution in [0.15, 0.2) is 22.6 Å². The van der Waals surface area contributed by atoms with E-state index in [1.165, 1.54) is 0 Å². The van der Waals surface area contributed by atoms with Crippen LogP contribution >= 0.6 is 11.6 Å². The lowest BCUT2D eigenvalue weighted by molar-refractivity contribution is 0.0989. The van der Waals surface area contributed by atoms with Crippen LogP contribution in [0.3, 0.4) is 0 Å². The molecule has 0 aliphatic heterocycles. The number of benzene rings is 1. The molecule has 0 bridgehead atoms. The number of nitrogens with one attached hydrogen (secondary N) is 1. The van der Waals surface area contributed by atoms with Crippen LogP contribution in [0.5, 0.6) is 0 Å². The van der Waals surface area contributed by atoms with Crippen LogP contribution in [0.4, 0.5) is 5.69 Å². The van der Waals surface area contributed by atoms with Crippen LogP contribution in [-0.2, 0) is 0 Å². The Morgan fingerprint density at radius 3 is 2.71 bits per heavy atom. The first-order valence-corrected chi connectivity index (χ1v) is 5.31. The van der Waals surface area contributed by atoms with Crippen LogP contribution in [0, 0.1) is 13.8 Å². The predicted octanol–water partition coefficient (Wildman–Crippen LogP) is 2.59. The Morgan fingerprint density at radius 2 is 2.12 bits per heavy atom. The van der Waals surface area contributed by atoms with Gasteiger partial charge in [-0.1, -0.05) is 17.7 Å². The molecule has 88 valence electrons. The quantitative estimate of drug-likeness (QED) is 0.891. The number of aromatic nitrogens is 2. The fraction of sp³-hybridized carbons (Fsp3) is 0.182. The molecule has 6 heteroatoms. The summed E-state index contributed by atoms with van der Waals surface area (Å²) in [6.45, 7) is 3.50. The highest BCUT2D eigenvalue weighted by Gasteiger charge is 2.13. The molecular weight excluding hydrogens is 242 g/mol. The van der Waals surface area contributed by atoms with Crippen molar-refractivity contribution in [3.63, 3.8) is 0 Å². The van der Waals surface area contributed by atoms with Crippen LogP contribution < -0.4 is 5.32 Å². The molecule has 2 aromatic rings. The van der Waals surface area contributed by atoms with Gasteiger partial charge in [0.05, 0.1) is 0 Å². The minimum Gasteiger partial charge on any atom is -0.417 e. The number of amides is 1. The summed E-state index contributed by atoms with van der Waals surface area (Å²) >= 11 is 5.94. The smallest absolute Gasteiger partial charge is 0.313 e. The van der Waals surface area contributed by atoms with Crippen LogP contribution in [0.2, 0.25) is 5.02 Å². The van der Waals surface area contributed by atoms with Crippen molar-refractivity contribution < 1.29 is 9.21 Å². The average Bonchev–Trinajstić information content (AvgIpc) is 2.70. The van der Waals surface area contributed by atoms with Gasteiger partial charge in [0.15, 0.2) is 0 Å². The van der Waals surface area contributed by atoms with Gasteiger partial charge in [0.25, 0.3) is 0 Å². The molecule has 1 aromatic carbocycles. The van der Waals surface area contributed by atoms with Crippen molar-refractivity contribution in [3.8, 4) is 0 Å². The van der Waals surface area contributed by atoms with Gasteiger partial charge < -0.3 is 9.73 Å². The minimum atomic E-state index is -0.453. The molecule has 0 spiro atoms. The van der Waals surface area contributed by atoms with Gasteiger partial charge >= 0.3 is 11.8 Å². The zero-order valence-corrected chi connectivity index (χ0v) is 10.1. The van der Waals surface area contributed by atoms with E-state index < -0.39 is 5.91 Å².